The number of nitrogens with zero attached hydrogens (tertiary/aromatic N) is 3. The number of hydrogen-bond donors (Lipinski definition) is 0. The zero-order valence-corrected chi connectivity index (χ0v) is 14.6. The molecule has 7 heteroatoms. The van der Waals surface area contributed by atoms with Crippen molar-refractivity contribution in [3.8, 4) is 0 Å². The summed E-state index contributed by atoms with van der Waals surface area (Å²) in [6, 6.07) is 15.2. The minimum Gasteiger partial charge on any atom is -0.207 e. The van der Waals surface area contributed by atoms with Crippen LogP contribution in [0.2, 0.25) is 0 Å². The lowest BCUT2D eigenvalue weighted by Crippen LogP contribution is -2.36. The van der Waals surface area contributed by atoms with E-state index < -0.39 is 10.0 Å². The molecule has 2 aromatic carbocycles. The van der Waals surface area contributed by atoms with E-state index in [1.807, 2.05) is 30.3 Å². The van der Waals surface area contributed by atoms with E-state index in [4.69, 9.17) is 0 Å². The number of hydrogen-bond acceptors (Lipinski definition) is 5. The van der Waals surface area contributed by atoms with Gasteiger partial charge in [0.15, 0.2) is 0 Å². The first kappa shape index (κ1) is 15.7. The van der Waals surface area contributed by atoms with Crippen LogP contribution in [-0.4, -0.2) is 34.1 Å². The number of benzene rings is 2. The van der Waals surface area contributed by atoms with E-state index >= 15 is 0 Å². The van der Waals surface area contributed by atoms with Gasteiger partial charge in [0.05, 0.1) is 11.7 Å². The molecule has 5 nitrogen and oxygen atoms in total. The first-order valence-electron chi connectivity index (χ1n) is 7.93. The van der Waals surface area contributed by atoms with Crippen LogP contribution in [0.1, 0.15) is 18.4 Å². The Hall–Kier alpha value is -1.83. The van der Waals surface area contributed by atoms with Crippen LogP contribution in [0.25, 0.3) is 11.0 Å². The van der Waals surface area contributed by atoms with E-state index in [1.54, 1.807) is 22.5 Å². The van der Waals surface area contributed by atoms with Crippen molar-refractivity contribution in [1.29, 1.82) is 0 Å². The molecule has 0 unspecified atom stereocenters. The lowest BCUT2D eigenvalue weighted by molar-refractivity contribution is 0.386. The predicted molar refractivity (Wildman–Crippen MR) is 94.5 cm³/mol. The molecule has 1 aliphatic rings. The molecule has 0 aliphatic carbocycles. The first-order valence-corrected chi connectivity index (χ1v) is 10.1. The number of aromatic nitrogens is 2. The van der Waals surface area contributed by atoms with Crippen molar-refractivity contribution < 1.29 is 8.42 Å². The minimum absolute atomic E-state index is 0.000693. The molecule has 1 saturated heterocycles. The van der Waals surface area contributed by atoms with E-state index in [0.717, 1.165) is 36.6 Å². The quantitative estimate of drug-likeness (QED) is 0.718. The molecule has 0 saturated carbocycles. The van der Waals surface area contributed by atoms with E-state index in [-0.39, 0.29) is 10.9 Å². The summed E-state index contributed by atoms with van der Waals surface area (Å²) in [5, 5.41) is 0. The monoisotopic (exact) mass is 359 g/mol. The summed E-state index contributed by atoms with van der Waals surface area (Å²) >= 11 is 1.05. The van der Waals surface area contributed by atoms with E-state index in [9.17, 15) is 8.42 Å². The van der Waals surface area contributed by atoms with Crippen molar-refractivity contribution in [2.45, 2.75) is 30.2 Å². The summed E-state index contributed by atoms with van der Waals surface area (Å²) in [5.74, 6) is 0. The lowest BCUT2D eigenvalue weighted by atomic mass is 10.1. The summed E-state index contributed by atoms with van der Waals surface area (Å²) in [6.45, 7) is 0.563. The second-order valence-electron chi connectivity index (χ2n) is 5.99. The molecule has 124 valence electrons. The molecule has 1 aliphatic heterocycles. The summed E-state index contributed by atoms with van der Waals surface area (Å²) in [7, 11) is -3.57. The molecule has 0 amide bonds. The van der Waals surface area contributed by atoms with Gasteiger partial charge in [0.1, 0.15) is 15.9 Å². The maximum Gasteiger partial charge on any atom is 0.245 e. The lowest BCUT2D eigenvalue weighted by Gasteiger charge is -2.24. The van der Waals surface area contributed by atoms with Crippen LogP contribution >= 0.6 is 11.7 Å². The summed E-state index contributed by atoms with van der Waals surface area (Å²) in [6.07, 6.45) is 2.52. The van der Waals surface area contributed by atoms with Crippen LogP contribution in [0.4, 0.5) is 0 Å². The fourth-order valence-electron chi connectivity index (χ4n) is 3.33. The highest BCUT2D eigenvalue weighted by Crippen LogP contribution is 2.31. The highest BCUT2D eigenvalue weighted by molar-refractivity contribution is 7.89. The predicted octanol–water partition coefficient (Wildman–Crippen LogP) is 3.09. The molecule has 3 aromatic rings. The van der Waals surface area contributed by atoms with Crippen LogP contribution in [0, 0.1) is 0 Å². The van der Waals surface area contributed by atoms with Crippen LogP contribution < -0.4 is 0 Å². The van der Waals surface area contributed by atoms with Gasteiger partial charge in [-0.25, -0.2) is 8.42 Å². The Morgan fingerprint density at radius 3 is 2.75 bits per heavy atom. The maximum atomic E-state index is 13.2. The Labute approximate surface area is 145 Å². The molecule has 0 radical (unpaired) electrons. The average Bonchev–Trinajstić information content (AvgIpc) is 3.24. The molecule has 0 bridgehead atoms. The molecule has 1 atom stereocenters. The van der Waals surface area contributed by atoms with Gasteiger partial charge >= 0.3 is 0 Å². The molecule has 1 aromatic heterocycles. The smallest absolute Gasteiger partial charge is 0.207 e. The summed E-state index contributed by atoms with van der Waals surface area (Å²) in [5.41, 5.74) is 2.28. The van der Waals surface area contributed by atoms with Crippen molar-refractivity contribution in [1.82, 2.24) is 13.1 Å². The topological polar surface area (TPSA) is 63.2 Å². The van der Waals surface area contributed by atoms with Gasteiger partial charge in [-0.3, -0.25) is 0 Å². The third-order valence-corrected chi connectivity index (χ3v) is 7.00. The fourth-order valence-corrected chi connectivity index (χ4v) is 5.78. The van der Waals surface area contributed by atoms with E-state index in [2.05, 4.69) is 8.75 Å². The summed E-state index contributed by atoms with van der Waals surface area (Å²) < 4.78 is 36.4. The standard InChI is InChI=1S/C17H17N3O2S2/c21-24(22,16-10-4-9-15-17(16)19-23-18-15)20-11-5-8-14(20)12-13-6-2-1-3-7-13/h1-4,6-7,9-10,14H,5,8,11-12H2/t14-/m1/s1. The van der Waals surface area contributed by atoms with Gasteiger partial charge in [0, 0.05) is 12.6 Å². The molecule has 0 N–H and O–H groups in total. The van der Waals surface area contributed by atoms with Gasteiger partial charge in [-0.1, -0.05) is 36.4 Å². The van der Waals surface area contributed by atoms with Crippen LogP contribution in [0.5, 0.6) is 0 Å². The second kappa shape index (κ2) is 6.23. The molecular formula is C17H17N3O2S2. The molecule has 24 heavy (non-hydrogen) atoms. The first-order chi connectivity index (χ1) is 11.7. The van der Waals surface area contributed by atoms with Gasteiger partial charge in [-0.2, -0.15) is 13.1 Å². The zero-order chi connectivity index (χ0) is 16.6. The molecule has 4 rings (SSSR count). The Morgan fingerprint density at radius 1 is 1.08 bits per heavy atom. The number of fused-ring (bicyclic) bond motifs is 1. The number of sulfonamides is 1. The fraction of sp³-hybridized carbons (Fsp3) is 0.294. The third kappa shape index (κ3) is 2.72. The normalized spacial score (nSPS) is 19.1. The molecule has 1 fully saturated rings. The third-order valence-electron chi connectivity index (χ3n) is 4.47. The Morgan fingerprint density at radius 2 is 1.92 bits per heavy atom. The van der Waals surface area contributed by atoms with Crippen molar-refractivity contribution in [3.05, 3.63) is 54.1 Å². The SMILES string of the molecule is O=S(=O)(c1cccc2nsnc12)N1CCC[C@@H]1Cc1ccccc1. The second-order valence-corrected chi connectivity index (χ2v) is 8.38. The van der Waals surface area contributed by atoms with Crippen LogP contribution in [-0.2, 0) is 16.4 Å². The Balaban J connectivity index is 1.69. The van der Waals surface area contributed by atoms with Crippen molar-refractivity contribution >= 4 is 32.8 Å². The Bertz CT molecular complexity index is 954. The average molecular weight is 359 g/mol. The molecular weight excluding hydrogens is 342 g/mol. The van der Waals surface area contributed by atoms with Crippen molar-refractivity contribution in [3.63, 3.8) is 0 Å². The van der Waals surface area contributed by atoms with Gasteiger partial charge < -0.3 is 0 Å². The maximum absolute atomic E-state index is 13.2. The van der Waals surface area contributed by atoms with Gasteiger partial charge in [0.2, 0.25) is 10.0 Å². The largest absolute Gasteiger partial charge is 0.245 e. The Kier molecular flexibility index (Phi) is 4.07. The molecule has 2 heterocycles. The zero-order valence-electron chi connectivity index (χ0n) is 13.0. The van der Waals surface area contributed by atoms with Crippen molar-refractivity contribution in [2.75, 3.05) is 6.54 Å². The van der Waals surface area contributed by atoms with Gasteiger partial charge in [-0.05, 0) is 37.0 Å². The summed E-state index contributed by atoms with van der Waals surface area (Å²) in [4.78, 5) is 0.272. The van der Waals surface area contributed by atoms with Crippen LogP contribution in [0.3, 0.4) is 0 Å². The minimum atomic E-state index is -3.57. The van der Waals surface area contributed by atoms with Gasteiger partial charge in [-0.15, -0.1) is 0 Å². The van der Waals surface area contributed by atoms with Crippen LogP contribution in [0.15, 0.2) is 53.4 Å². The van der Waals surface area contributed by atoms with E-state index in [1.165, 1.54) is 0 Å². The highest BCUT2D eigenvalue weighted by atomic mass is 32.2. The van der Waals surface area contributed by atoms with Crippen molar-refractivity contribution in [2.24, 2.45) is 0 Å². The highest BCUT2D eigenvalue weighted by Gasteiger charge is 2.36. The molecule has 0 spiro atoms. The van der Waals surface area contributed by atoms with E-state index in [0.29, 0.717) is 17.6 Å². The van der Waals surface area contributed by atoms with Gasteiger partial charge in [0.25, 0.3) is 0 Å². The number of rotatable bonds is 4.